The molecule has 0 spiro atoms. The summed E-state index contributed by atoms with van der Waals surface area (Å²) in [4.78, 5) is 0. The summed E-state index contributed by atoms with van der Waals surface area (Å²) in [5.74, 6) is 9.35. The van der Waals surface area contributed by atoms with Crippen LogP contribution in [0.4, 0.5) is 0 Å². The molecule has 0 radical (unpaired) electrons. The second kappa shape index (κ2) is 9.61. The molecule has 12 saturated carbocycles. The minimum atomic E-state index is -0.0911. The molecule has 0 heterocycles. The normalized spacial score (nSPS) is 51.6. The van der Waals surface area contributed by atoms with Crippen LogP contribution in [-0.2, 0) is 11.3 Å². The van der Waals surface area contributed by atoms with Crippen LogP contribution in [0.3, 0.4) is 0 Å². The van der Waals surface area contributed by atoms with E-state index >= 15 is 0 Å². The molecule has 12 fully saturated rings. The predicted octanol–water partition coefficient (Wildman–Crippen LogP) is 11.9. The molecule has 240 valence electrons. The Hall–Kier alpha value is 0.0800. The molecule has 0 N–H and O–H groups in total. The van der Waals surface area contributed by atoms with Crippen molar-refractivity contribution in [3.8, 4) is 0 Å². The third kappa shape index (κ3) is 4.07. The van der Waals surface area contributed by atoms with E-state index in [1.54, 1.807) is 116 Å². The van der Waals surface area contributed by atoms with E-state index < -0.39 is 0 Å². The van der Waals surface area contributed by atoms with Gasteiger partial charge in [0.1, 0.15) is 0 Å². The largest absolute Gasteiger partial charge is 0.125 e. The lowest BCUT2D eigenvalue weighted by Crippen LogP contribution is -2.64. The maximum Gasteiger partial charge on any atom is 0.0213 e. The Morgan fingerprint density at radius 3 is 1.27 bits per heavy atom. The monoisotopic (exact) mass is 628 g/mol. The van der Waals surface area contributed by atoms with Crippen molar-refractivity contribution in [1.29, 1.82) is 0 Å². The Kier molecular flexibility index (Phi) is 6.34. The molecular weight excluding hydrogens is 566 g/mol. The molecule has 0 nitrogen and oxygen atoms in total. The Morgan fingerprint density at radius 1 is 0.568 bits per heavy atom. The second-order valence-corrected chi connectivity index (χ2v) is 25.1. The van der Waals surface area contributed by atoms with E-state index in [0.717, 1.165) is 53.3 Å². The van der Waals surface area contributed by atoms with E-state index in [1.165, 1.54) is 6.16 Å². The third-order valence-electron chi connectivity index (χ3n) is 16.9. The quantitative estimate of drug-likeness (QED) is 0.275. The SMILES string of the molecule is CC(C)(C)P(Cc1ccccc1C(P)(C12CC3CC(CC(C3)C1)C2)C12CC3CC(CC(C3)C1)C2)C12CC3CC(CC(C3)C1)C2. The molecule has 12 aliphatic carbocycles. The first-order valence-electron chi connectivity index (χ1n) is 19.7. The van der Waals surface area contributed by atoms with Crippen LogP contribution in [0.1, 0.15) is 147 Å². The van der Waals surface area contributed by atoms with Gasteiger partial charge in [-0.2, -0.15) is 0 Å². The Morgan fingerprint density at radius 2 is 0.909 bits per heavy atom. The van der Waals surface area contributed by atoms with Crippen molar-refractivity contribution in [1.82, 2.24) is 0 Å². The zero-order valence-corrected chi connectivity index (χ0v) is 30.5. The average molecular weight is 629 g/mol. The molecule has 0 saturated heterocycles. The van der Waals surface area contributed by atoms with E-state index in [1.807, 2.05) is 11.1 Å². The minimum Gasteiger partial charge on any atom is -0.125 e. The van der Waals surface area contributed by atoms with Gasteiger partial charge >= 0.3 is 0 Å². The summed E-state index contributed by atoms with van der Waals surface area (Å²) in [7, 11) is 3.85. The van der Waals surface area contributed by atoms with Gasteiger partial charge in [-0.25, -0.2) is 0 Å². The number of hydrogen-bond donors (Lipinski definition) is 0. The van der Waals surface area contributed by atoms with E-state index in [2.05, 4.69) is 54.3 Å². The highest BCUT2D eigenvalue weighted by Gasteiger charge is 2.69. The van der Waals surface area contributed by atoms with Crippen LogP contribution in [0, 0.1) is 64.1 Å². The van der Waals surface area contributed by atoms with Gasteiger partial charge in [0.15, 0.2) is 0 Å². The molecule has 12 bridgehead atoms. The van der Waals surface area contributed by atoms with Crippen molar-refractivity contribution in [2.75, 3.05) is 0 Å². The number of rotatable bonds is 6. The fourth-order valence-electron chi connectivity index (χ4n) is 17.0. The van der Waals surface area contributed by atoms with Crippen molar-refractivity contribution in [3.63, 3.8) is 0 Å². The van der Waals surface area contributed by atoms with Gasteiger partial charge in [0.25, 0.3) is 0 Å². The first-order chi connectivity index (χ1) is 21.0. The second-order valence-electron chi connectivity index (χ2n) is 20.8. The zero-order valence-electron chi connectivity index (χ0n) is 28.5. The highest BCUT2D eigenvalue weighted by atomic mass is 31.1. The molecule has 0 aliphatic heterocycles. The number of hydrogen-bond acceptors (Lipinski definition) is 0. The molecule has 1 aromatic rings. The molecule has 12 aliphatic rings. The summed E-state index contributed by atoms with van der Waals surface area (Å²) in [6.45, 7) is 8.02. The van der Waals surface area contributed by atoms with Gasteiger partial charge in [0, 0.05) is 5.16 Å². The van der Waals surface area contributed by atoms with Crippen molar-refractivity contribution >= 4 is 17.2 Å². The van der Waals surface area contributed by atoms with E-state index in [9.17, 15) is 0 Å². The Balaban J connectivity index is 1.12. The van der Waals surface area contributed by atoms with Crippen LogP contribution in [0.25, 0.3) is 0 Å². The molecule has 2 atom stereocenters. The summed E-state index contributed by atoms with van der Waals surface area (Å²) in [6, 6.07) is 10.4. The smallest absolute Gasteiger partial charge is 0.0213 e. The first kappa shape index (κ1) is 29.0. The van der Waals surface area contributed by atoms with Gasteiger partial charge in [-0.1, -0.05) is 53.0 Å². The lowest BCUT2D eigenvalue weighted by Gasteiger charge is -2.72. The fourth-order valence-corrected chi connectivity index (χ4v) is 22.3. The van der Waals surface area contributed by atoms with Crippen molar-refractivity contribution in [3.05, 3.63) is 35.4 Å². The average Bonchev–Trinajstić information content (AvgIpc) is 2.93. The van der Waals surface area contributed by atoms with Crippen molar-refractivity contribution in [2.24, 2.45) is 64.1 Å². The molecule has 44 heavy (non-hydrogen) atoms. The van der Waals surface area contributed by atoms with Crippen LogP contribution in [0.2, 0.25) is 0 Å². The molecule has 2 heteroatoms. The number of benzene rings is 1. The highest BCUT2D eigenvalue weighted by Crippen LogP contribution is 2.79. The van der Waals surface area contributed by atoms with Crippen LogP contribution >= 0.6 is 17.2 Å². The van der Waals surface area contributed by atoms with Crippen LogP contribution in [-0.4, -0.2) is 10.3 Å². The molecular formula is C42H62P2. The van der Waals surface area contributed by atoms with Gasteiger partial charge in [0.05, 0.1) is 0 Å². The maximum absolute atomic E-state index is 3.94. The maximum atomic E-state index is 3.94. The predicted molar refractivity (Wildman–Crippen MR) is 190 cm³/mol. The van der Waals surface area contributed by atoms with E-state index in [0.29, 0.717) is 21.1 Å². The Bertz CT molecular complexity index is 1160. The summed E-state index contributed by atoms with van der Waals surface area (Å²) in [5, 5.41) is 1.38. The van der Waals surface area contributed by atoms with Gasteiger partial charge < -0.3 is 0 Å². The zero-order chi connectivity index (χ0) is 29.7. The summed E-state index contributed by atoms with van der Waals surface area (Å²) >= 11 is 0. The van der Waals surface area contributed by atoms with E-state index in [-0.39, 0.29) is 13.1 Å². The van der Waals surface area contributed by atoms with Crippen LogP contribution in [0.15, 0.2) is 24.3 Å². The molecule has 0 aromatic heterocycles. The minimum absolute atomic E-state index is 0.0911. The highest BCUT2D eigenvalue weighted by molar-refractivity contribution is 7.60. The van der Waals surface area contributed by atoms with Gasteiger partial charge in [-0.3, -0.25) is 0 Å². The van der Waals surface area contributed by atoms with Crippen LogP contribution in [0.5, 0.6) is 0 Å². The lowest BCUT2D eigenvalue weighted by atomic mass is 9.37. The molecule has 2 unspecified atom stereocenters. The third-order valence-corrected chi connectivity index (χ3v) is 22.4. The summed E-state index contributed by atoms with van der Waals surface area (Å²) in [5.41, 5.74) is 4.78. The lowest BCUT2D eigenvalue weighted by molar-refractivity contribution is -0.158. The van der Waals surface area contributed by atoms with Crippen LogP contribution < -0.4 is 0 Å². The molecule has 0 amide bonds. The van der Waals surface area contributed by atoms with Crippen molar-refractivity contribution < 1.29 is 0 Å². The van der Waals surface area contributed by atoms with Gasteiger partial charge in [-0.15, -0.1) is 9.24 Å². The van der Waals surface area contributed by atoms with Gasteiger partial charge in [-0.05, 0) is 207 Å². The van der Waals surface area contributed by atoms with E-state index in [4.69, 9.17) is 0 Å². The topological polar surface area (TPSA) is 0 Å². The molecule has 13 rings (SSSR count). The fraction of sp³-hybridized carbons (Fsp3) is 0.857. The van der Waals surface area contributed by atoms with Gasteiger partial charge in [0.2, 0.25) is 0 Å². The van der Waals surface area contributed by atoms with Crippen molar-refractivity contribution in [2.45, 2.75) is 158 Å². The standard InChI is InChI=1S/C42H62P2/c1-38(2,3)44(41-23-33-14-34(24-41)16-35(15-33)25-41)26-36-6-4-5-7-37(36)42(43,39-17-27-8-28(18-39)10-29(9-27)19-39)40-20-30-11-31(21-40)13-32(12-30)22-40/h4-7,27-35H,8-26,43H2,1-3H3. The Labute approximate surface area is 273 Å². The first-order valence-corrected chi connectivity index (χ1v) is 21.8. The molecule has 1 aromatic carbocycles. The summed E-state index contributed by atoms with van der Waals surface area (Å²) < 4.78 is 0. The summed E-state index contributed by atoms with van der Waals surface area (Å²) in [6.07, 6.45) is 29.7.